The first-order valence-electron chi connectivity index (χ1n) is 12.1. The Morgan fingerprint density at radius 2 is 1.84 bits per heavy atom. The number of likely N-dealkylation sites (tertiary alicyclic amines) is 1. The van der Waals surface area contributed by atoms with Crippen LogP contribution in [0.3, 0.4) is 0 Å². The quantitative estimate of drug-likeness (QED) is 0.478. The van der Waals surface area contributed by atoms with Gasteiger partial charge in [-0.3, -0.25) is 0 Å². The highest BCUT2D eigenvalue weighted by molar-refractivity contribution is 5.81. The van der Waals surface area contributed by atoms with Gasteiger partial charge in [0, 0.05) is 37.6 Å². The predicted molar refractivity (Wildman–Crippen MR) is 123 cm³/mol. The Balaban J connectivity index is 1.38. The maximum absolute atomic E-state index is 13.3. The molecule has 0 bridgehead atoms. The van der Waals surface area contributed by atoms with E-state index in [0.29, 0.717) is 12.2 Å². The lowest BCUT2D eigenvalue weighted by atomic mass is 9.80. The van der Waals surface area contributed by atoms with Gasteiger partial charge in [0.15, 0.2) is 5.60 Å². The zero-order valence-corrected chi connectivity index (χ0v) is 19.2. The molecule has 1 saturated heterocycles. The Morgan fingerprint density at radius 1 is 1.12 bits per heavy atom. The first kappa shape index (κ1) is 22.9. The van der Waals surface area contributed by atoms with Gasteiger partial charge in [0.2, 0.25) is 0 Å². The molecule has 2 aromatic rings. The molecule has 1 aromatic carbocycles. The normalized spacial score (nSPS) is 25.5. The van der Waals surface area contributed by atoms with Crippen LogP contribution in [0.2, 0.25) is 0 Å². The first-order valence-corrected chi connectivity index (χ1v) is 12.1. The maximum Gasteiger partial charge on any atom is 0.343 e. The minimum Gasteiger partial charge on any atom is -0.457 e. The first-order chi connectivity index (χ1) is 15.5. The lowest BCUT2D eigenvalue weighted by molar-refractivity contribution is -0.921. The van der Waals surface area contributed by atoms with Gasteiger partial charge >= 0.3 is 5.97 Å². The van der Waals surface area contributed by atoms with E-state index in [2.05, 4.69) is 17.0 Å². The Kier molecular flexibility index (Phi) is 7.21. The fraction of sp³-hybridized carbons (Fsp3) is 0.577. The molecule has 4 rings (SSSR count). The Morgan fingerprint density at radius 3 is 2.56 bits per heavy atom. The molecule has 2 unspecified atom stereocenters. The summed E-state index contributed by atoms with van der Waals surface area (Å²) in [6.07, 6.45) is 13.3. The van der Waals surface area contributed by atoms with Crippen molar-refractivity contribution in [2.75, 3.05) is 26.7 Å². The molecule has 172 valence electrons. The minimum atomic E-state index is -1.55. The van der Waals surface area contributed by atoms with Gasteiger partial charge in [0.25, 0.3) is 0 Å². The van der Waals surface area contributed by atoms with E-state index in [4.69, 9.17) is 4.74 Å². The Hall–Kier alpha value is -2.31. The van der Waals surface area contributed by atoms with E-state index in [1.54, 1.807) is 6.33 Å². The molecule has 6 heteroatoms. The fourth-order valence-electron chi connectivity index (χ4n) is 5.68. The van der Waals surface area contributed by atoms with Crippen molar-refractivity contribution < 1.29 is 19.1 Å². The van der Waals surface area contributed by atoms with Crippen molar-refractivity contribution in [3.05, 3.63) is 60.2 Å². The van der Waals surface area contributed by atoms with E-state index >= 15 is 0 Å². The molecule has 1 aromatic heterocycles. The molecular formula is C26H36N3O3+. The summed E-state index contributed by atoms with van der Waals surface area (Å²) in [6.45, 7) is 2.49. The van der Waals surface area contributed by atoms with Gasteiger partial charge in [-0.25, -0.2) is 14.8 Å². The van der Waals surface area contributed by atoms with E-state index in [9.17, 15) is 9.90 Å². The molecule has 2 aliphatic rings. The van der Waals surface area contributed by atoms with Crippen molar-refractivity contribution in [3.63, 3.8) is 0 Å². The number of carbonyl (C=O) groups excluding carboxylic acids is 1. The van der Waals surface area contributed by atoms with Crippen LogP contribution >= 0.6 is 0 Å². The van der Waals surface area contributed by atoms with Crippen LogP contribution in [-0.2, 0) is 21.6 Å². The smallest absolute Gasteiger partial charge is 0.343 e. The van der Waals surface area contributed by atoms with E-state index in [1.165, 1.54) is 0 Å². The lowest BCUT2D eigenvalue weighted by Crippen LogP contribution is -2.52. The van der Waals surface area contributed by atoms with Crippen LogP contribution in [0.25, 0.3) is 0 Å². The van der Waals surface area contributed by atoms with Crippen LogP contribution in [-0.4, -0.2) is 58.3 Å². The molecule has 0 radical (unpaired) electrons. The number of aryl methyl sites for hydroxylation is 1. The van der Waals surface area contributed by atoms with Crippen LogP contribution in [0, 0.1) is 5.92 Å². The number of hydrogen-bond acceptors (Lipinski definition) is 5. The number of ether oxygens (including phenoxy) is 1. The van der Waals surface area contributed by atoms with Gasteiger partial charge in [-0.1, -0.05) is 43.2 Å². The molecule has 1 N–H and O–H groups in total. The molecule has 0 spiro atoms. The van der Waals surface area contributed by atoms with Gasteiger partial charge in [0.05, 0.1) is 20.1 Å². The van der Waals surface area contributed by atoms with Crippen molar-refractivity contribution in [1.82, 2.24) is 9.97 Å². The van der Waals surface area contributed by atoms with Crippen LogP contribution in [0.4, 0.5) is 0 Å². The number of aromatic nitrogens is 2. The van der Waals surface area contributed by atoms with Crippen LogP contribution in [0.1, 0.15) is 56.1 Å². The standard InChI is InChI=1S/C26H36N3O3/c1-29(15-7-9-21-17-27-20-28-18-21)16-8-14-24(29)19-32-25(30)26(31,23-12-5-6-13-23)22-10-3-2-4-11-22/h2-4,10-11,17-18,20,23-24,31H,5-9,12-16,19H2,1H3/q+1/t24?,26?,29-/m1/s1. The zero-order chi connectivity index (χ0) is 22.4. The number of hydrogen-bond donors (Lipinski definition) is 1. The van der Waals surface area contributed by atoms with Crippen LogP contribution in [0.15, 0.2) is 49.1 Å². The number of likely N-dealkylation sites (N-methyl/N-ethyl adjacent to an activating group) is 1. The van der Waals surface area contributed by atoms with Crippen LogP contribution in [0.5, 0.6) is 0 Å². The largest absolute Gasteiger partial charge is 0.457 e. The van der Waals surface area contributed by atoms with Gasteiger partial charge in [-0.05, 0) is 30.4 Å². The van der Waals surface area contributed by atoms with Gasteiger partial charge in [-0.2, -0.15) is 0 Å². The number of carbonyl (C=O) groups is 1. The molecule has 2 fully saturated rings. The second-order valence-corrected chi connectivity index (χ2v) is 9.79. The van der Waals surface area contributed by atoms with Crippen molar-refractivity contribution in [2.45, 2.75) is 63.0 Å². The zero-order valence-electron chi connectivity index (χ0n) is 19.2. The number of rotatable bonds is 9. The minimum absolute atomic E-state index is 0.0741. The molecular weight excluding hydrogens is 402 g/mol. The Bertz CT molecular complexity index is 872. The van der Waals surface area contributed by atoms with E-state index in [-0.39, 0.29) is 12.0 Å². The van der Waals surface area contributed by atoms with Gasteiger partial charge in [0.1, 0.15) is 19.0 Å². The highest BCUT2D eigenvalue weighted by Gasteiger charge is 2.48. The van der Waals surface area contributed by atoms with Gasteiger partial charge in [-0.15, -0.1) is 0 Å². The molecule has 1 saturated carbocycles. The number of aliphatic hydroxyl groups is 1. The number of quaternary nitrogens is 1. The summed E-state index contributed by atoms with van der Waals surface area (Å²) in [7, 11) is 2.27. The SMILES string of the molecule is C[N@@+]1(CCCc2cncnc2)CCCC1COC(=O)C(O)(c1ccccc1)C1CCCC1. The topological polar surface area (TPSA) is 72.3 Å². The molecule has 32 heavy (non-hydrogen) atoms. The third kappa shape index (κ3) is 4.86. The lowest BCUT2D eigenvalue weighted by Gasteiger charge is -2.37. The summed E-state index contributed by atoms with van der Waals surface area (Å²) in [6, 6.07) is 9.64. The highest BCUT2D eigenvalue weighted by Crippen LogP contribution is 2.41. The summed E-state index contributed by atoms with van der Waals surface area (Å²) in [5.74, 6) is -0.551. The molecule has 1 aliphatic heterocycles. The summed E-state index contributed by atoms with van der Waals surface area (Å²) >= 11 is 0. The average Bonchev–Trinajstić information content (AvgIpc) is 3.49. The van der Waals surface area contributed by atoms with Crippen molar-refractivity contribution in [3.8, 4) is 0 Å². The van der Waals surface area contributed by atoms with E-state index in [0.717, 1.165) is 74.5 Å². The Labute approximate surface area is 191 Å². The second-order valence-electron chi connectivity index (χ2n) is 9.79. The predicted octanol–water partition coefficient (Wildman–Crippen LogP) is 3.64. The van der Waals surface area contributed by atoms with Crippen molar-refractivity contribution in [1.29, 1.82) is 0 Å². The van der Waals surface area contributed by atoms with Crippen molar-refractivity contribution in [2.24, 2.45) is 5.92 Å². The highest BCUT2D eigenvalue weighted by atomic mass is 16.6. The maximum atomic E-state index is 13.3. The van der Waals surface area contributed by atoms with E-state index < -0.39 is 11.6 Å². The summed E-state index contributed by atoms with van der Waals surface area (Å²) in [5, 5.41) is 11.6. The average molecular weight is 439 g/mol. The summed E-state index contributed by atoms with van der Waals surface area (Å²) < 4.78 is 6.80. The third-order valence-corrected chi connectivity index (χ3v) is 7.71. The van der Waals surface area contributed by atoms with E-state index in [1.807, 2.05) is 42.7 Å². The number of esters is 1. The van der Waals surface area contributed by atoms with Crippen molar-refractivity contribution >= 4 is 5.97 Å². The number of nitrogens with zero attached hydrogens (tertiary/aromatic N) is 3. The summed E-state index contributed by atoms with van der Waals surface area (Å²) in [5.41, 5.74) is 0.268. The fourth-order valence-corrected chi connectivity index (χ4v) is 5.68. The third-order valence-electron chi connectivity index (χ3n) is 7.71. The van der Waals surface area contributed by atoms with Gasteiger partial charge < -0.3 is 14.3 Å². The molecule has 3 atom stereocenters. The molecule has 1 aliphatic carbocycles. The van der Waals surface area contributed by atoms with Crippen LogP contribution < -0.4 is 0 Å². The molecule has 2 heterocycles. The molecule has 0 amide bonds. The number of benzene rings is 1. The molecule has 6 nitrogen and oxygen atoms in total. The summed E-state index contributed by atoms with van der Waals surface area (Å²) in [4.78, 5) is 21.5. The second kappa shape index (κ2) is 10.1. The monoisotopic (exact) mass is 438 g/mol.